The smallest absolute Gasteiger partial charge is 0.307 e. The molecule has 1 atom stereocenters. The lowest BCUT2D eigenvalue weighted by atomic mass is 10.1. The molecule has 0 aromatic heterocycles. The fraction of sp³-hybridized carbons (Fsp3) is 0.222. The number of hydrogen-bond donors (Lipinski definition) is 1. The predicted octanol–water partition coefficient (Wildman–Crippen LogP) is 3.00. The number of halogens is 1. The molecule has 3 rings (SSSR count). The zero-order valence-corrected chi connectivity index (χ0v) is 13.0. The number of methoxy groups -OCH3 is 1. The summed E-state index contributed by atoms with van der Waals surface area (Å²) in [6, 6.07) is 11.0. The maximum absolute atomic E-state index is 12.8. The number of carbonyl (C=O) groups excluding carboxylic acids is 2. The Morgan fingerprint density at radius 1 is 1.21 bits per heavy atom. The average Bonchev–Trinajstić information content (AvgIpc) is 2.89. The van der Waals surface area contributed by atoms with Crippen LogP contribution in [0.15, 0.2) is 42.5 Å². The number of esters is 1. The van der Waals surface area contributed by atoms with Gasteiger partial charge in [-0.25, -0.2) is 4.39 Å². The molecule has 2 aromatic carbocycles. The van der Waals surface area contributed by atoms with Crippen LogP contribution >= 0.6 is 0 Å². The quantitative estimate of drug-likeness (QED) is 0.857. The van der Waals surface area contributed by atoms with Crippen molar-refractivity contribution < 1.29 is 23.5 Å². The zero-order chi connectivity index (χ0) is 17.1. The summed E-state index contributed by atoms with van der Waals surface area (Å²) in [6.07, 6.45) is -0.421. The van der Waals surface area contributed by atoms with Crippen molar-refractivity contribution in [3.8, 4) is 5.75 Å². The maximum Gasteiger partial charge on any atom is 0.307 e. The first-order chi connectivity index (χ1) is 11.6. The van der Waals surface area contributed by atoms with E-state index in [0.717, 1.165) is 5.56 Å². The highest BCUT2D eigenvalue weighted by Crippen LogP contribution is 2.36. The molecule has 24 heavy (non-hydrogen) atoms. The van der Waals surface area contributed by atoms with Crippen LogP contribution in [0.1, 0.15) is 23.7 Å². The van der Waals surface area contributed by atoms with E-state index in [9.17, 15) is 14.0 Å². The van der Waals surface area contributed by atoms with Crippen molar-refractivity contribution in [2.45, 2.75) is 18.9 Å². The van der Waals surface area contributed by atoms with Gasteiger partial charge in [-0.05, 0) is 36.2 Å². The second-order valence-electron chi connectivity index (χ2n) is 5.44. The van der Waals surface area contributed by atoms with E-state index in [1.54, 1.807) is 30.3 Å². The van der Waals surface area contributed by atoms with E-state index in [0.29, 0.717) is 23.4 Å². The Kier molecular flexibility index (Phi) is 4.46. The molecule has 124 valence electrons. The van der Waals surface area contributed by atoms with Gasteiger partial charge in [0.05, 0.1) is 12.8 Å². The molecule has 0 saturated heterocycles. The molecule has 0 fully saturated rings. The molecular formula is C18H16FNO4. The number of aryl methyl sites for hydroxylation is 1. The van der Waals surface area contributed by atoms with Gasteiger partial charge in [0.2, 0.25) is 6.10 Å². The summed E-state index contributed by atoms with van der Waals surface area (Å²) in [7, 11) is 1.53. The van der Waals surface area contributed by atoms with E-state index in [-0.39, 0.29) is 18.1 Å². The minimum atomic E-state index is -0.952. The number of hydrogen-bond acceptors (Lipinski definition) is 4. The van der Waals surface area contributed by atoms with E-state index >= 15 is 0 Å². The normalized spacial score (nSPS) is 15.6. The maximum atomic E-state index is 12.8. The van der Waals surface area contributed by atoms with Gasteiger partial charge in [-0.3, -0.25) is 9.59 Å². The van der Waals surface area contributed by atoms with E-state index in [1.807, 2.05) is 0 Å². The van der Waals surface area contributed by atoms with E-state index in [2.05, 4.69) is 5.32 Å². The highest BCUT2D eigenvalue weighted by molar-refractivity contribution is 6.03. The second kappa shape index (κ2) is 6.70. The number of rotatable bonds is 5. The van der Waals surface area contributed by atoms with E-state index in [4.69, 9.17) is 9.47 Å². The van der Waals surface area contributed by atoms with E-state index in [1.165, 1.54) is 19.2 Å². The Bertz CT molecular complexity index is 773. The van der Waals surface area contributed by atoms with Crippen LogP contribution in [0.5, 0.6) is 5.75 Å². The second-order valence-corrected chi connectivity index (χ2v) is 5.44. The van der Waals surface area contributed by atoms with Crippen LogP contribution in [-0.4, -0.2) is 19.0 Å². The standard InChI is InChI=1S/C18H16FNO4/c1-23-13-7-8-14-15(10-13)20-18(22)17(14)24-16(21)9-4-11-2-5-12(19)6-3-11/h2-3,5-8,10,17H,4,9H2,1H3,(H,20,22)/t17-/m0/s1. The van der Waals surface area contributed by atoms with Crippen LogP contribution in [0.25, 0.3) is 0 Å². The fourth-order valence-corrected chi connectivity index (χ4v) is 2.54. The number of benzene rings is 2. The monoisotopic (exact) mass is 329 g/mol. The third-order valence-corrected chi connectivity index (χ3v) is 3.82. The van der Waals surface area contributed by atoms with Crippen LogP contribution in [0.3, 0.4) is 0 Å². The topological polar surface area (TPSA) is 64.6 Å². The van der Waals surface area contributed by atoms with Crippen LogP contribution in [0.4, 0.5) is 10.1 Å². The van der Waals surface area contributed by atoms with Gasteiger partial charge >= 0.3 is 5.97 Å². The van der Waals surface area contributed by atoms with Gasteiger partial charge in [0.25, 0.3) is 5.91 Å². The molecule has 0 spiro atoms. The Labute approximate surface area is 138 Å². The zero-order valence-electron chi connectivity index (χ0n) is 13.0. The molecule has 0 saturated carbocycles. The van der Waals surface area contributed by atoms with Crippen molar-refractivity contribution in [3.05, 3.63) is 59.4 Å². The summed E-state index contributed by atoms with van der Waals surface area (Å²) in [5.74, 6) is -0.579. The van der Waals surface area contributed by atoms with Crippen molar-refractivity contribution in [1.82, 2.24) is 0 Å². The third-order valence-electron chi connectivity index (χ3n) is 3.82. The molecule has 1 amide bonds. The number of amides is 1. The number of nitrogens with one attached hydrogen (secondary N) is 1. The Hall–Kier alpha value is -2.89. The summed E-state index contributed by atoms with van der Waals surface area (Å²) < 4.78 is 23.3. The fourth-order valence-electron chi connectivity index (χ4n) is 2.54. The summed E-state index contributed by atoms with van der Waals surface area (Å²) in [5, 5.41) is 2.67. The van der Waals surface area contributed by atoms with Gasteiger partial charge in [0, 0.05) is 18.1 Å². The van der Waals surface area contributed by atoms with Crippen LogP contribution in [-0.2, 0) is 20.7 Å². The van der Waals surface area contributed by atoms with Crippen molar-refractivity contribution >= 4 is 17.6 Å². The molecule has 0 unspecified atom stereocenters. The number of ether oxygens (including phenoxy) is 2. The van der Waals surface area contributed by atoms with Gasteiger partial charge in [-0.1, -0.05) is 12.1 Å². The summed E-state index contributed by atoms with van der Waals surface area (Å²) in [4.78, 5) is 24.0. The number of carbonyl (C=O) groups is 2. The molecule has 5 nitrogen and oxygen atoms in total. The average molecular weight is 329 g/mol. The minimum absolute atomic E-state index is 0.112. The largest absolute Gasteiger partial charge is 0.497 e. The SMILES string of the molecule is COc1ccc2c(c1)NC(=O)[C@H]2OC(=O)CCc1ccc(F)cc1. The van der Waals surface area contributed by atoms with Crippen molar-refractivity contribution in [1.29, 1.82) is 0 Å². The van der Waals surface area contributed by atoms with Gasteiger partial charge in [-0.2, -0.15) is 0 Å². The van der Waals surface area contributed by atoms with Gasteiger partial charge in [0.15, 0.2) is 0 Å². The first kappa shape index (κ1) is 16.0. The summed E-state index contributed by atoms with van der Waals surface area (Å²) >= 11 is 0. The van der Waals surface area contributed by atoms with Crippen LogP contribution < -0.4 is 10.1 Å². The lowest BCUT2D eigenvalue weighted by Gasteiger charge is -2.11. The molecule has 0 radical (unpaired) electrons. The highest BCUT2D eigenvalue weighted by atomic mass is 19.1. The van der Waals surface area contributed by atoms with Crippen molar-refractivity contribution in [3.63, 3.8) is 0 Å². The minimum Gasteiger partial charge on any atom is -0.497 e. The molecule has 0 bridgehead atoms. The van der Waals surface area contributed by atoms with Crippen LogP contribution in [0, 0.1) is 5.82 Å². The molecule has 1 aliphatic rings. The molecule has 6 heteroatoms. The number of fused-ring (bicyclic) bond motifs is 1. The van der Waals surface area contributed by atoms with Crippen molar-refractivity contribution in [2.24, 2.45) is 0 Å². The third kappa shape index (κ3) is 3.37. The highest BCUT2D eigenvalue weighted by Gasteiger charge is 2.33. The molecule has 0 aliphatic carbocycles. The summed E-state index contributed by atoms with van der Waals surface area (Å²) in [6.45, 7) is 0. The molecule has 2 aromatic rings. The lowest BCUT2D eigenvalue weighted by Crippen LogP contribution is -2.19. The predicted molar refractivity (Wildman–Crippen MR) is 85.2 cm³/mol. The molecule has 1 aliphatic heterocycles. The van der Waals surface area contributed by atoms with Gasteiger partial charge < -0.3 is 14.8 Å². The first-order valence-corrected chi connectivity index (χ1v) is 7.49. The molecule has 1 N–H and O–H groups in total. The Morgan fingerprint density at radius 3 is 2.67 bits per heavy atom. The molecular weight excluding hydrogens is 313 g/mol. The Balaban J connectivity index is 1.62. The Morgan fingerprint density at radius 2 is 1.96 bits per heavy atom. The van der Waals surface area contributed by atoms with Gasteiger partial charge in [-0.15, -0.1) is 0 Å². The molecule has 1 heterocycles. The lowest BCUT2D eigenvalue weighted by molar-refractivity contribution is -0.154. The number of anilines is 1. The van der Waals surface area contributed by atoms with Crippen molar-refractivity contribution in [2.75, 3.05) is 12.4 Å². The first-order valence-electron chi connectivity index (χ1n) is 7.49. The van der Waals surface area contributed by atoms with E-state index < -0.39 is 12.1 Å². The van der Waals surface area contributed by atoms with Gasteiger partial charge in [0.1, 0.15) is 11.6 Å². The summed E-state index contributed by atoms with van der Waals surface area (Å²) in [5.41, 5.74) is 2.01. The van der Waals surface area contributed by atoms with Crippen LogP contribution in [0.2, 0.25) is 0 Å².